The summed E-state index contributed by atoms with van der Waals surface area (Å²) in [5, 5.41) is 7.59. The smallest absolute Gasteiger partial charge is 0.322 e. The summed E-state index contributed by atoms with van der Waals surface area (Å²) in [6, 6.07) is 12.7. The van der Waals surface area contributed by atoms with Gasteiger partial charge in [0.15, 0.2) is 0 Å². The number of benzene rings is 1. The fourth-order valence-corrected chi connectivity index (χ4v) is 5.13. The van der Waals surface area contributed by atoms with Crippen LogP contribution in [0.15, 0.2) is 53.4 Å². The first kappa shape index (κ1) is 20.7. The lowest BCUT2D eigenvalue weighted by molar-refractivity contribution is 0.199. The Labute approximate surface area is 183 Å². The number of anilines is 1. The molecular formula is C25H31N3OS. The van der Waals surface area contributed by atoms with E-state index in [-0.39, 0.29) is 12.1 Å². The molecule has 1 N–H and O–H groups in total. The summed E-state index contributed by atoms with van der Waals surface area (Å²) in [5.74, 6) is 0.682. The van der Waals surface area contributed by atoms with Gasteiger partial charge < -0.3 is 14.8 Å². The maximum absolute atomic E-state index is 13.7. The summed E-state index contributed by atoms with van der Waals surface area (Å²) in [6.07, 6.45) is 3.07. The van der Waals surface area contributed by atoms with E-state index in [1.54, 1.807) is 11.3 Å². The van der Waals surface area contributed by atoms with Gasteiger partial charge in [-0.2, -0.15) is 11.3 Å². The summed E-state index contributed by atoms with van der Waals surface area (Å²) in [7, 11) is 0. The third-order valence-corrected chi connectivity index (χ3v) is 6.68. The molecule has 3 heterocycles. The second kappa shape index (κ2) is 8.68. The van der Waals surface area contributed by atoms with Crippen LogP contribution in [0.5, 0.6) is 0 Å². The van der Waals surface area contributed by atoms with Crippen LogP contribution in [0.4, 0.5) is 10.5 Å². The molecule has 4 nitrogen and oxygen atoms in total. The minimum absolute atomic E-state index is 0.0177. The number of amides is 2. The van der Waals surface area contributed by atoms with Crippen molar-refractivity contribution in [3.8, 4) is 0 Å². The normalized spacial score (nSPS) is 16.6. The Morgan fingerprint density at radius 1 is 1.03 bits per heavy atom. The molecular weight excluding hydrogens is 390 g/mol. The molecule has 30 heavy (non-hydrogen) atoms. The summed E-state index contributed by atoms with van der Waals surface area (Å²) >= 11 is 1.68. The summed E-state index contributed by atoms with van der Waals surface area (Å²) in [6.45, 7) is 10.4. The number of aryl methyl sites for hydroxylation is 1. The van der Waals surface area contributed by atoms with E-state index in [0.29, 0.717) is 11.8 Å². The van der Waals surface area contributed by atoms with Gasteiger partial charge in [0.25, 0.3) is 0 Å². The maximum atomic E-state index is 13.7. The third-order valence-electron chi connectivity index (χ3n) is 5.98. The van der Waals surface area contributed by atoms with Crippen LogP contribution in [0.1, 0.15) is 74.4 Å². The van der Waals surface area contributed by atoms with E-state index in [4.69, 9.17) is 0 Å². The van der Waals surface area contributed by atoms with E-state index in [0.717, 1.165) is 25.2 Å². The number of hydrogen-bond donors (Lipinski definition) is 1. The number of carbonyl (C=O) groups is 1. The van der Waals surface area contributed by atoms with Crippen molar-refractivity contribution < 1.29 is 4.79 Å². The quantitative estimate of drug-likeness (QED) is 0.493. The molecule has 2 amide bonds. The Morgan fingerprint density at radius 2 is 1.77 bits per heavy atom. The van der Waals surface area contributed by atoms with Gasteiger partial charge in [0.2, 0.25) is 0 Å². The minimum atomic E-state index is -0.0672. The summed E-state index contributed by atoms with van der Waals surface area (Å²) in [4.78, 5) is 15.7. The zero-order chi connectivity index (χ0) is 21.3. The molecule has 1 aliphatic rings. The van der Waals surface area contributed by atoms with Crippen LogP contribution in [0.25, 0.3) is 0 Å². The van der Waals surface area contributed by atoms with Gasteiger partial charge in [-0.05, 0) is 63.9 Å². The number of nitrogens with zero attached hydrogens (tertiary/aromatic N) is 2. The van der Waals surface area contributed by atoms with Crippen molar-refractivity contribution in [3.05, 3.63) is 75.7 Å². The molecule has 0 fully saturated rings. The average Bonchev–Trinajstić information content (AvgIpc) is 3.37. The first-order chi connectivity index (χ1) is 14.5. The van der Waals surface area contributed by atoms with Gasteiger partial charge in [-0.1, -0.05) is 45.9 Å². The van der Waals surface area contributed by atoms with E-state index in [1.165, 1.54) is 22.4 Å². The van der Waals surface area contributed by atoms with Crippen LogP contribution in [0.3, 0.4) is 0 Å². The van der Waals surface area contributed by atoms with E-state index in [2.05, 4.69) is 90.9 Å². The van der Waals surface area contributed by atoms with E-state index in [1.807, 2.05) is 4.90 Å². The molecule has 1 aromatic carbocycles. The highest BCUT2D eigenvalue weighted by atomic mass is 32.1. The van der Waals surface area contributed by atoms with Crippen molar-refractivity contribution in [2.45, 2.75) is 58.5 Å². The average molecular weight is 422 g/mol. The number of para-hydroxylation sites is 1. The molecule has 1 unspecified atom stereocenters. The topological polar surface area (TPSA) is 37.3 Å². The first-order valence-electron chi connectivity index (χ1n) is 10.8. The Bertz CT molecular complexity index is 977. The van der Waals surface area contributed by atoms with Crippen LogP contribution in [0, 0.1) is 0 Å². The third kappa shape index (κ3) is 3.91. The molecule has 1 aliphatic heterocycles. The van der Waals surface area contributed by atoms with E-state index < -0.39 is 0 Å². The number of rotatable bonds is 4. The fourth-order valence-electron chi connectivity index (χ4n) is 4.45. The zero-order valence-electron chi connectivity index (χ0n) is 18.3. The molecule has 1 atom stereocenters. The Balaban J connectivity index is 1.73. The number of thiophene rings is 1. The van der Waals surface area contributed by atoms with Gasteiger partial charge in [0, 0.05) is 30.7 Å². The standard InChI is InChI=1S/C25H31N3OS/c1-17(2)20-8-5-9-21(18(3)4)23(20)26-25(29)28-14-7-13-27-12-6-10-22(27)24(28)19-11-15-30-16-19/h5-6,8-12,15-18,24H,7,13-14H2,1-4H3,(H,26,29). The van der Waals surface area contributed by atoms with Crippen molar-refractivity contribution >= 4 is 23.1 Å². The van der Waals surface area contributed by atoms with E-state index >= 15 is 0 Å². The molecule has 0 saturated heterocycles. The molecule has 2 aromatic heterocycles. The number of urea groups is 1. The largest absolute Gasteiger partial charge is 0.349 e. The van der Waals surface area contributed by atoms with Crippen molar-refractivity contribution in [2.75, 3.05) is 11.9 Å². The number of aromatic nitrogens is 1. The predicted molar refractivity (Wildman–Crippen MR) is 126 cm³/mol. The minimum Gasteiger partial charge on any atom is -0.349 e. The van der Waals surface area contributed by atoms with Gasteiger partial charge in [0.1, 0.15) is 0 Å². The zero-order valence-corrected chi connectivity index (χ0v) is 19.1. The Kier molecular flexibility index (Phi) is 6.00. The van der Waals surface area contributed by atoms with Crippen LogP contribution in [-0.2, 0) is 6.54 Å². The molecule has 0 radical (unpaired) electrons. The van der Waals surface area contributed by atoms with Gasteiger partial charge in [0.05, 0.1) is 6.04 Å². The van der Waals surface area contributed by atoms with Gasteiger partial charge in [-0.3, -0.25) is 0 Å². The Hall–Kier alpha value is -2.53. The molecule has 4 rings (SSSR count). The number of hydrogen-bond acceptors (Lipinski definition) is 2. The molecule has 0 aliphatic carbocycles. The second-order valence-electron chi connectivity index (χ2n) is 8.68. The lowest BCUT2D eigenvalue weighted by atomic mass is 9.92. The highest BCUT2D eigenvalue weighted by Gasteiger charge is 2.31. The van der Waals surface area contributed by atoms with Crippen molar-refractivity contribution in [3.63, 3.8) is 0 Å². The molecule has 5 heteroatoms. The highest BCUT2D eigenvalue weighted by Crippen LogP contribution is 2.36. The summed E-state index contributed by atoms with van der Waals surface area (Å²) in [5.41, 5.74) is 5.73. The van der Waals surface area contributed by atoms with Crippen molar-refractivity contribution in [2.24, 2.45) is 0 Å². The molecule has 0 saturated carbocycles. The van der Waals surface area contributed by atoms with E-state index in [9.17, 15) is 4.79 Å². The number of fused-ring (bicyclic) bond motifs is 1. The molecule has 0 spiro atoms. The first-order valence-corrected chi connectivity index (χ1v) is 11.8. The molecule has 0 bridgehead atoms. The SMILES string of the molecule is CC(C)c1cccc(C(C)C)c1NC(=O)N1CCCn2cccc2C1c1ccsc1. The van der Waals surface area contributed by atoms with Crippen LogP contribution in [-0.4, -0.2) is 22.0 Å². The van der Waals surface area contributed by atoms with Crippen LogP contribution in [0.2, 0.25) is 0 Å². The lowest BCUT2D eigenvalue weighted by Gasteiger charge is -2.31. The van der Waals surface area contributed by atoms with Crippen LogP contribution < -0.4 is 5.32 Å². The monoisotopic (exact) mass is 421 g/mol. The molecule has 158 valence electrons. The maximum Gasteiger partial charge on any atom is 0.322 e. The number of carbonyl (C=O) groups excluding carboxylic acids is 1. The Morgan fingerprint density at radius 3 is 2.40 bits per heavy atom. The van der Waals surface area contributed by atoms with Crippen molar-refractivity contribution in [1.29, 1.82) is 0 Å². The highest BCUT2D eigenvalue weighted by molar-refractivity contribution is 7.08. The van der Waals surface area contributed by atoms with Gasteiger partial charge in [-0.25, -0.2) is 4.79 Å². The summed E-state index contributed by atoms with van der Waals surface area (Å²) < 4.78 is 2.29. The van der Waals surface area contributed by atoms with Crippen molar-refractivity contribution in [1.82, 2.24) is 9.47 Å². The fraction of sp³-hybridized carbons (Fsp3) is 0.400. The predicted octanol–water partition coefficient (Wildman–Crippen LogP) is 6.82. The lowest BCUT2D eigenvalue weighted by Crippen LogP contribution is -2.39. The van der Waals surface area contributed by atoms with Gasteiger partial charge in [-0.15, -0.1) is 0 Å². The van der Waals surface area contributed by atoms with Gasteiger partial charge >= 0.3 is 6.03 Å². The number of nitrogens with one attached hydrogen (secondary N) is 1. The molecule has 3 aromatic rings. The van der Waals surface area contributed by atoms with Crippen LogP contribution >= 0.6 is 11.3 Å². The second-order valence-corrected chi connectivity index (χ2v) is 9.46.